The van der Waals surface area contributed by atoms with Crippen LogP contribution in [0.2, 0.25) is 10.0 Å². The van der Waals surface area contributed by atoms with E-state index in [9.17, 15) is 9.18 Å². The molecule has 0 aliphatic carbocycles. The number of aryl methyl sites for hydroxylation is 1. The Morgan fingerprint density at radius 3 is 2.80 bits per heavy atom. The van der Waals surface area contributed by atoms with Crippen LogP contribution >= 0.6 is 34.5 Å². The molecule has 0 bridgehead atoms. The van der Waals surface area contributed by atoms with Crippen LogP contribution in [0.1, 0.15) is 28.3 Å². The molecule has 0 radical (unpaired) electrons. The van der Waals surface area contributed by atoms with Gasteiger partial charge in [-0.05, 0) is 59.7 Å². The molecule has 2 N–H and O–H groups in total. The summed E-state index contributed by atoms with van der Waals surface area (Å²) in [5.41, 5.74) is 1.29. The Morgan fingerprint density at radius 1 is 1.17 bits per heavy atom. The molecule has 0 saturated carbocycles. The summed E-state index contributed by atoms with van der Waals surface area (Å²) in [6.07, 6.45) is 1.60. The lowest BCUT2D eigenvalue weighted by Crippen LogP contribution is -2.48. The summed E-state index contributed by atoms with van der Waals surface area (Å²) in [5.74, 6) is -0.809. The smallest absolute Gasteiger partial charge is 0.237 e. The lowest BCUT2D eigenvalue weighted by molar-refractivity contribution is -0.121. The van der Waals surface area contributed by atoms with Crippen molar-refractivity contribution in [2.75, 3.05) is 11.9 Å². The minimum Gasteiger partial charge on any atom is -0.325 e. The third-order valence-corrected chi connectivity index (χ3v) is 7.77. The van der Waals surface area contributed by atoms with Crippen molar-refractivity contribution in [3.8, 4) is 0 Å². The van der Waals surface area contributed by atoms with Crippen LogP contribution in [0.3, 0.4) is 0 Å². The molecule has 1 spiro atoms. The number of anilines is 1. The first-order valence-electron chi connectivity index (χ1n) is 9.82. The zero-order chi connectivity index (χ0) is 20.9. The molecule has 1 amide bonds. The van der Waals surface area contributed by atoms with Gasteiger partial charge in [-0.2, -0.15) is 0 Å². The van der Waals surface area contributed by atoms with E-state index >= 15 is 0 Å². The lowest BCUT2D eigenvalue weighted by Gasteiger charge is -2.34. The molecule has 3 atom stereocenters. The molecule has 154 valence electrons. The van der Waals surface area contributed by atoms with E-state index in [1.807, 2.05) is 30.3 Å². The van der Waals surface area contributed by atoms with E-state index in [0.29, 0.717) is 22.8 Å². The molecule has 1 aromatic heterocycles. The Kier molecular flexibility index (Phi) is 5.10. The number of amides is 1. The van der Waals surface area contributed by atoms with Gasteiger partial charge >= 0.3 is 0 Å². The molecule has 30 heavy (non-hydrogen) atoms. The number of carbonyl (C=O) groups excluding carboxylic acids is 1. The van der Waals surface area contributed by atoms with Crippen LogP contribution in [-0.4, -0.2) is 18.5 Å². The second-order valence-electron chi connectivity index (χ2n) is 7.82. The summed E-state index contributed by atoms with van der Waals surface area (Å²) in [6.45, 7) is 0.604. The fourth-order valence-electron chi connectivity index (χ4n) is 5.03. The van der Waals surface area contributed by atoms with Crippen LogP contribution in [-0.2, 0) is 16.6 Å². The van der Waals surface area contributed by atoms with Gasteiger partial charge in [-0.25, -0.2) is 4.39 Å². The quantitative estimate of drug-likeness (QED) is 0.518. The minimum absolute atomic E-state index is 0.00602. The molecule has 2 aromatic carbocycles. The standard InChI is InChI=1S/C23H19Cl2FN2OS/c24-14-4-1-3-13(9-14)17-12-27-21(7-6-15-5-2-8-30-15)23(17)16-10-19(26)18(25)11-20(16)28-22(23)29/h1-5,8-11,17,21,27H,6-7,12H2,(H,28,29)/t17-,21-,23-/m1/s1. The Balaban J connectivity index is 1.64. The van der Waals surface area contributed by atoms with Gasteiger partial charge in [0.1, 0.15) is 5.82 Å². The van der Waals surface area contributed by atoms with Gasteiger partial charge in [0.05, 0.1) is 10.4 Å². The van der Waals surface area contributed by atoms with Crippen molar-refractivity contribution in [3.05, 3.63) is 85.8 Å². The average Bonchev–Trinajstić information content (AvgIpc) is 3.42. The maximum Gasteiger partial charge on any atom is 0.237 e. The number of carbonyl (C=O) groups is 1. The van der Waals surface area contributed by atoms with Gasteiger partial charge in [-0.15, -0.1) is 11.3 Å². The maximum absolute atomic E-state index is 14.6. The van der Waals surface area contributed by atoms with Gasteiger partial charge in [0.25, 0.3) is 0 Å². The topological polar surface area (TPSA) is 41.1 Å². The molecule has 2 aliphatic heterocycles. The first kappa shape index (κ1) is 20.0. The van der Waals surface area contributed by atoms with E-state index in [4.69, 9.17) is 23.2 Å². The first-order chi connectivity index (χ1) is 14.5. The molecule has 1 saturated heterocycles. The monoisotopic (exact) mass is 460 g/mol. The zero-order valence-electron chi connectivity index (χ0n) is 15.9. The lowest BCUT2D eigenvalue weighted by atomic mass is 9.65. The highest BCUT2D eigenvalue weighted by atomic mass is 35.5. The average molecular weight is 461 g/mol. The van der Waals surface area contributed by atoms with Crippen molar-refractivity contribution < 1.29 is 9.18 Å². The van der Waals surface area contributed by atoms with Crippen molar-refractivity contribution in [1.29, 1.82) is 0 Å². The van der Waals surface area contributed by atoms with Gasteiger partial charge < -0.3 is 10.6 Å². The van der Waals surface area contributed by atoms with Gasteiger partial charge in [0, 0.05) is 34.1 Å². The van der Waals surface area contributed by atoms with Crippen LogP contribution < -0.4 is 10.6 Å². The van der Waals surface area contributed by atoms with Gasteiger partial charge in [0.15, 0.2) is 0 Å². The predicted molar refractivity (Wildman–Crippen MR) is 120 cm³/mol. The molecule has 1 fully saturated rings. The van der Waals surface area contributed by atoms with E-state index in [2.05, 4.69) is 22.1 Å². The van der Waals surface area contributed by atoms with E-state index in [1.54, 1.807) is 11.3 Å². The van der Waals surface area contributed by atoms with E-state index in [0.717, 1.165) is 18.4 Å². The first-order valence-corrected chi connectivity index (χ1v) is 11.5. The van der Waals surface area contributed by atoms with E-state index in [-0.39, 0.29) is 22.9 Å². The fourth-order valence-corrected chi connectivity index (χ4v) is 6.12. The summed E-state index contributed by atoms with van der Waals surface area (Å²) >= 11 is 14.0. The molecule has 3 heterocycles. The third-order valence-electron chi connectivity index (χ3n) is 6.31. The zero-order valence-corrected chi connectivity index (χ0v) is 18.3. The Morgan fingerprint density at radius 2 is 2.03 bits per heavy atom. The molecule has 0 unspecified atom stereocenters. The summed E-state index contributed by atoms with van der Waals surface area (Å²) in [4.78, 5) is 14.8. The molecule has 2 aliphatic rings. The van der Waals surface area contributed by atoms with Crippen molar-refractivity contribution in [1.82, 2.24) is 5.32 Å². The molecule has 3 nitrogen and oxygen atoms in total. The van der Waals surface area contributed by atoms with E-state index in [1.165, 1.54) is 17.0 Å². The second kappa shape index (κ2) is 7.65. The molecule has 3 aromatic rings. The summed E-state index contributed by atoms with van der Waals surface area (Å²) < 4.78 is 14.6. The summed E-state index contributed by atoms with van der Waals surface area (Å²) in [5, 5.41) is 9.22. The number of nitrogens with one attached hydrogen (secondary N) is 2. The number of fused-ring (bicyclic) bond motifs is 2. The SMILES string of the molecule is O=C1Nc2cc(Cl)c(F)cc2[C@]12[C@@H](c1cccc(Cl)c1)CN[C@@H]2CCc1cccs1. The minimum atomic E-state index is -0.928. The largest absolute Gasteiger partial charge is 0.325 e. The van der Waals surface area contributed by atoms with Crippen LogP contribution in [0.15, 0.2) is 53.9 Å². The Labute approximate surface area is 188 Å². The number of halogens is 3. The number of thiophene rings is 1. The highest BCUT2D eigenvalue weighted by molar-refractivity contribution is 7.09. The van der Waals surface area contributed by atoms with Crippen LogP contribution in [0.5, 0.6) is 0 Å². The Hall–Kier alpha value is -1.92. The van der Waals surface area contributed by atoms with Crippen molar-refractivity contribution in [2.24, 2.45) is 0 Å². The number of benzene rings is 2. The van der Waals surface area contributed by atoms with Gasteiger partial charge in [-0.1, -0.05) is 41.4 Å². The van der Waals surface area contributed by atoms with Crippen molar-refractivity contribution in [3.63, 3.8) is 0 Å². The summed E-state index contributed by atoms with van der Waals surface area (Å²) in [7, 11) is 0. The Bertz CT molecular complexity index is 1120. The van der Waals surface area contributed by atoms with E-state index < -0.39 is 11.2 Å². The number of hydrogen-bond acceptors (Lipinski definition) is 3. The van der Waals surface area contributed by atoms with Crippen molar-refractivity contribution in [2.45, 2.75) is 30.2 Å². The number of rotatable bonds is 4. The van der Waals surface area contributed by atoms with Crippen LogP contribution in [0, 0.1) is 5.82 Å². The molecule has 7 heteroatoms. The number of hydrogen-bond donors (Lipinski definition) is 2. The normalized spacial score (nSPS) is 25.0. The third kappa shape index (κ3) is 3.07. The predicted octanol–water partition coefficient (Wildman–Crippen LogP) is 5.77. The van der Waals surface area contributed by atoms with Gasteiger partial charge in [-0.3, -0.25) is 4.79 Å². The molecular formula is C23H19Cl2FN2OS. The second-order valence-corrected chi connectivity index (χ2v) is 9.70. The van der Waals surface area contributed by atoms with Crippen LogP contribution in [0.25, 0.3) is 0 Å². The molecular weight excluding hydrogens is 442 g/mol. The molecule has 5 rings (SSSR count). The van der Waals surface area contributed by atoms with Crippen molar-refractivity contribution >= 4 is 46.1 Å². The highest BCUT2D eigenvalue weighted by Gasteiger charge is 2.60. The fraction of sp³-hybridized carbons (Fsp3) is 0.261. The van der Waals surface area contributed by atoms with Gasteiger partial charge in [0.2, 0.25) is 5.91 Å². The highest BCUT2D eigenvalue weighted by Crippen LogP contribution is 2.54. The van der Waals surface area contributed by atoms with Crippen LogP contribution in [0.4, 0.5) is 10.1 Å². The summed E-state index contributed by atoms with van der Waals surface area (Å²) in [6, 6.07) is 14.5. The maximum atomic E-state index is 14.6.